The van der Waals surface area contributed by atoms with Crippen molar-refractivity contribution in [1.82, 2.24) is 5.16 Å². The largest absolute Gasteiger partial charge is 0.439 e. The highest BCUT2D eigenvalue weighted by atomic mass is 32.2. The molecule has 0 spiro atoms. The number of hydrogen-bond acceptors (Lipinski definition) is 5. The fourth-order valence-corrected chi connectivity index (χ4v) is 2.89. The van der Waals surface area contributed by atoms with Gasteiger partial charge >= 0.3 is 0 Å². The molecule has 0 amide bonds. The number of aryl methyl sites for hydroxylation is 1. The summed E-state index contributed by atoms with van der Waals surface area (Å²) in [6.07, 6.45) is 1.46. The molecule has 21 heavy (non-hydrogen) atoms. The molecular formula is C14H12N2O4S. The average molecular weight is 304 g/mol. The molecule has 7 heteroatoms. The number of anilines is 1. The molecule has 1 aromatic carbocycles. The van der Waals surface area contributed by atoms with Crippen LogP contribution in [-0.4, -0.2) is 13.6 Å². The van der Waals surface area contributed by atoms with Crippen molar-refractivity contribution in [3.05, 3.63) is 54.2 Å². The van der Waals surface area contributed by atoms with Gasteiger partial charge in [0.1, 0.15) is 0 Å². The van der Waals surface area contributed by atoms with Gasteiger partial charge in [0.25, 0.3) is 10.0 Å². The highest BCUT2D eigenvalue weighted by Crippen LogP contribution is 2.26. The summed E-state index contributed by atoms with van der Waals surface area (Å²) in [5.74, 6) is 0.671. The molecule has 0 radical (unpaired) electrons. The van der Waals surface area contributed by atoms with Gasteiger partial charge in [0, 0.05) is 6.07 Å². The molecule has 0 saturated heterocycles. The van der Waals surface area contributed by atoms with E-state index in [4.69, 9.17) is 8.94 Å². The Bertz CT molecular complexity index is 851. The smallest absolute Gasteiger partial charge is 0.295 e. The number of benzene rings is 1. The second-order valence-electron chi connectivity index (χ2n) is 4.42. The predicted octanol–water partition coefficient (Wildman–Crippen LogP) is 3.04. The number of para-hydroxylation sites is 1. The minimum absolute atomic E-state index is 0.183. The zero-order valence-electron chi connectivity index (χ0n) is 11.1. The van der Waals surface area contributed by atoms with Crippen molar-refractivity contribution >= 4 is 15.7 Å². The summed E-state index contributed by atoms with van der Waals surface area (Å²) in [7, 11) is -3.78. The Morgan fingerprint density at radius 2 is 1.86 bits per heavy atom. The van der Waals surface area contributed by atoms with Crippen molar-refractivity contribution < 1.29 is 17.4 Å². The van der Waals surface area contributed by atoms with Crippen LogP contribution in [0.15, 0.2) is 62.7 Å². The maximum absolute atomic E-state index is 12.3. The molecule has 3 rings (SSSR count). The van der Waals surface area contributed by atoms with Gasteiger partial charge in [0.2, 0.25) is 10.9 Å². The summed E-state index contributed by atoms with van der Waals surface area (Å²) in [4.78, 5) is 0. The molecule has 108 valence electrons. The van der Waals surface area contributed by atoms with E-state index >= 15 is 0 Å². The molecule has 0 atom stereocenters. The SMILES string of the molecule is Cc1ccccc1NS(=O)(=O)c1ccc(-c2ccno2)o1. The van der Waals surface area contributed by atoms with Gasteiger partial charge in [-0.3, -0.25) is 4.72 Å². The molecule has 3 aromatic rings. The van der Waals surface area contributed by atoms with E-state index < -0.39 is 10.0 Å². The number of furan rings is 1. The van der Waals surface area contributed by atoms with Gasteiger partial charge in [0.05, 0.1) is 11.9 Å². The van der Waals surface area contributed by atoms with E-state index in [1.54, 1.807) is 18.2 Å². The van der Waals surface area contributed by atoms with Gasteiger partial charge in [0.15, 0.2) is 5.76 Å². The standard InChI is InChI=1S/C14H12N2O4S/c1-10-4-2-3-5-11(10)16-21(17,18)14-7-6-12(19-14)13-8-9-15-20-13/h2-9,16H,1H3. The quantitative estimate of drug-likeness (QED) is 0.800. The second kappa shape index (κ2) is 5.10. The minimum atomic E-state index is -3.78. The summed E-state index contributed by atoms with van der Waals surface area (Å²) < 4.78 is 37.3. The van der Waals surface area contributed by atoms with Crippen LogP contribution in [0.1, 0.15) is 5.56 Å². The van der Waals surface area contributed by atoms with Crippen molar-refractivity contribution in [3.8, 4) is 11.5 Å². The van der Waals surface area contributed by atoms with Gasteiger partial charge in [-0.1, -0.05) is 23.4 Å². The summed E-state index contributed by atoms with van der Waals surface area (Å²) in [6, 6.07) is 11.6. The molecule has 0 saturated carbocycles. The molecule has 0 aliphatic heterocycles. The Hall–Kier alpha value is -2.54. The van der Waals surface area contributed by atoms with Gasteiger partial charge in [-0.2, -0.15) is 8.42 Å². The first-order chi connectivity index (χ1) is 10.1. The van der Waals surface area contributed by atoms with Crippen LogP contribution in [0.5, 0.6) is 0 Å². The summed E-state index contributed by atoms with van der Waals surface area (Å²) >= 11 is 0. The first-order valence-corrected chi connectivity index (χ1v) is 7.64. The fraction of sp³-hybridized carbons (Fsp3) is 0.0714. The second-order valence-corrected chi connectivity index (χ2v) is 6.03. The summed E-state index contributed by atoms with van der Waals surface area (Å²) in [6.45, 7) is 1.82. The van der Waals surface area contributed by atoms with E-state index in [0.29, 0.717) is 17.2 Å². The number of sulfonamides is 1. The van der Waals surface area contributed by atoms with Crippen LogP contribution in [0, 0.1) is 6.92 Å². The fourth-order valence-electron chi connectivity index (χ4n) is 1.82. The highest BCUT2D eigenvalue weighted by Gasteiger charge is 2.21. The topological polar surface area (TPSA) is 85.3 Å². The lowest BCUT2D eigenvalue weighted by atomic mass is 10.2. The van der Waals surface area contributed by atoms with Crippen molar-refractivity contribution in [3.63, 3.8) is 0 Å². The van der Waals surface area contributed by atoms with Gasteiger partial charge in [-0.05, 0) is 30.7 Å². The number of nitrogens with one attached hydrogen (secondary N) is 1. The summed E-state index contributed by atoms with van der Waals surface area (Å²) in [5.41, 5.74) is 1.33. The van der Waals surface area contributed by atoms with Crippen molar-refractivity contribution in [2.75, 3.05) is 4.72 Å². The lowest BCUT2D eigenvalue weighted by Gasteiger charge is -2.08. The average Bonchev–Trinajstić information content (AvgIpc) is 3.11. The van der Waals surface area contributed by atoms with Crippen molar-refractivity contribution in [1.29, 1.82) is 0 Å². The third-order valence-corrected chi connectivity index (χ3v) is 4.15. The van der Waals surface area contributed by atoms with E-state index in [1.807, 2.05) is 19.1 Å². The Morgan fingerprint density at radius 3 is 2.57 bits per heavy atom. The van der Waals surface area contributed by atoms with Crippen LogP contribution >= 0.6 is 0 Å². The zero-order valence-corrected chi connectivity index (χ0v) is 11.9. The molecule has 6 nitrogen and oxygen atoms in total. The van der Waals surface area contributed by atoms with Gasteiger partial charge in [-0.25, -0.2) is 0 Å². The molecule has 0 aliphatic rings. The van der Waals surface area contributed by atoms with E-state index in [0.717, 1.165) is 5.56 Å². The maximum Gasteiger partial charge on any atom is 0.295 e. The van der Waals surface area contributed by atoms with Gasteiger partial charge < -0.3 is 8.94 Å². The lowest BCUT2D eigenvalue weighted by molar-refractivity contribution is 0.401. The Balaban J connectivity index is 1.91. The molecule has 0 unspecified atom stereocenters. The lowest BCUT2D eigenvalue weighted by Crippen LogP contribution is -2.12. The number of hydrogen-bond donors (Lipinski definition) is 1. The molecule has 1 N–H and O–H groups in total. The Kier molecular flexibility index (Phi) is 3.26. The molecule has 0 bridgehead atoms. The molecule has 0 aliphatic carbocycles. The monoisotopic (exact) mass is 304 g/mol. The van der Waals surface area contributed by atoms with E-state index in [1.165, 1.54) is 18.3 Å². The third kappa shape index (κ3) is 2.68. The van der Waals surface area contributed by atoms with Crippen LogP contribution < -0.4 is 4.72 Å². The van der Waals surface area contributed by atoms with E-state index in [9.17, 15) is 8.42 Å². The van der Waals surface area contributed by atoms with Crippen molar-refractivity contribution in [2.45, 2.75) is 12.0 Å². The maximum atomic E-state index is 12.3. The number of nitrogens with zero attached hydrogens (tertiary/aromatic N) is 1. The van der Waals surface area contributed by atoms with E-state index in [2.05, 4.69) is 9.88 Å². The number of aromatic nitrogens is 1. The number of rotatable bonds is 4. The molecule has 2 heterocycles. The third-order valence-electron chi connectivity index (χ3n) is 2.92. The highest BCUT2D eigenvalue weighted by molar-refractivity contribution is 7.92. The molecule has 0 fully saturated rings. The molecule has 2 aromatic heterocycles. The normalized spacial score (nSPS) is 11.5. The van der Waals surface area contributed by atoms with Crippen molar-refractivity contribution in [2.24, 2.45) is 0 Å². The first-order valence-electron chi connectivity index (χ1n) is 6.15. The zero-order chi connectivity index (χ0) is 14.9. The van der Waals surface area contributed by atoms with Crippen LogP contribution in [-0.2, 0) is 10.0 Å². The Labute approximate surface area is 121 Å². The van der Waals surface area contributed by atoms with Crippen LogP contribution in [0.3, 0.4) is 0 Å². The van der Waals surface area contributed by atoms with Crippen LogP contribution in [0.25, 0.3) is 11.5 Å². The molecular weight excluding hydrogens is 292 g/mol. The first kappa shape index (κ1) is 13.4. The summed E-state index contributed by atoms with van der Waals surface area (Å²) in [5, 5.41) is 3.37. The Morgan fingerprint density at radius 1 is 1.05 bits per heavy atom. The van der Waals surface area contributed by atoms with Gasteiger partial charge in [-0.15, -0.1) is 0 Å². The minimum Gasteiger partial charge on any atom is -0.439 e. The predicted molar refractivity (Wildman–Crippen MR) is 76.2 cm³/mol. The van der Waals surface area contributed by atoms with E-state index in [-0.39, 0.29) is 5.09 Å². The van der Waals surface area contributed by atoms with Crippen LogP contribution in [0.2, 0.25) is 0 Å². The van der Waals surface area contributed by atoms with Crippen LogP contribution in [0.4, 0.5) is 5.69 Å².